The third kappa shape index (κ3) is 4.97. The standard InChI is InChI=1S/C15H20F2N2O3S/c1-15(5-6-23(21,22)10-15)18-14(20)9-19(2)8-11-3-4-12(16)13(17)7-11/h3-4,7H,5-6,8-10H2,1-2H3,(H,18,20)/t15-/m1/s1. The van der Waals surface area contributed by atoms with Crippen LogP contribution >= 0.6 is 0 Å². The number of rotatable bonds is 5. The maximum atomic E-state index is 13.2. The Kier molecular flexibility index (Phi) is 5.05. The molecule has 1 aromatic carbocycles. The molecule has 2 rings (SSSR count). The van der Waals surface area contributed by atoms with E-state index >= 15 is 0 Å². The molecule has 8 heteroatoms. The van der Waals surface area contributed by atoms with E-state index < -0.39 is 27.0 Å². The molecule has 1 atom stereocenters. The van der Waals surface area contributed by atoms with Gasteiger partial charge in [-0.15, -0.1) is 0 Å². The maximum absolute atomic E-state index is 13.2. The van der Waals surface area contributed by atoms with Crippen LogP contribution in [0.5, 0.6) is 0 Å². The Morgan fingerprint density at radius 1 is 1.35 bits per heavy atom. The molecule has 1 aliphatic heterocycles. The lowest BCUT2D eigenvalue weighted by atomic mass is 10.0. The smallest absolute Gasteiger partial charge is 0.234 e. The first-order valence-electron chi connectivity index (χ1n) is 7.22. The van der Waals surface area contributed by atoms with Crippen LogP contribution in [0.25, 0.3) is 0 Å². The average molecular weight is 346 g/mol. The topological polar surface area (TPSA) is 66.5 Å². The minimum absolute atomic E-state index is 0.0363. The van der Waals surface area contributed by atoms with Crippen molar-refractivity contribution in [2.45, 2.75) is 25.4 Å². The van der Waals surface area contributed by atoms with Crippen LogP contribution in [0, 0.1) is 11.6 Å². The molecule has 0 saturated carbocycles. The zero-order valence-electron chi connectivity index (χ0n) is 13.1. The first-order valence-corrected chi connectivity index (χ1v) is 9.05. The summed E-state index contributed by atoms with van der Waals surface area (Å²) in [7, 11) is -1.42. The highest BCUT2D eigenvalue weighted by Gasteiger charge is 2.39. The summed E-state index contributed by atoms with van der Waals surface area (Å²) >= 11 is 0. The molecule has 1 fully saturated rings. The van der Waals surface area contributed by atoms with E-state index in [1.54, 1.807) is 18.9 Å². The van der Waals surface area contributed by atoms with Crippen LogP contribution in [0.4, 0.5) is 8.78 Å². The van der Waals surface area contributed by atoms with E-state index in [1.807, 2.05) is 0 Å². The van der Waals surface area contributed by atoms with Gasteiger partial charge < -0.3 is 5.32 Å². The lowest BCUT2D eigenvalue weighted by Crippen LogP contribution is -2.49. The highest BCUT2D eigenvalue weighted by atomic mass is 32.2. The first-order chi connectivity index (χ1) is 10.6. The normalized spacial score (nSPS) is 23.2. The molecule has 1 N–H and O–H groups in total. The van der Waals surface area contributed by atoms with Gasteiger partial charge in [0.25, 0.3) is 0 Å². The molecule has 0 bridgehead atoms. The molecule has 0 aliphatic carbocycles. The van der Waals surface area contributed by atoms with Gasteiger partial charge in [-0.1, -0.05) is 6.07 Å². The second kappa shape index (κ2) is 6.52. The first kappa shape index (κ1) is 17.8. The van der Waals surface area contributed by atoms with Crippen LogP contribution in [-0.4, -0.2) is 49.9 Å². The van der Waals surface area contributed by atoms with Gasteiger partial charge in [-0.05, 0) is 38.1 Å². The summed E-state index contributed by atoms with van der Waals surface area (Å²) in [4.78, 5) is 13.7. The molecule has 128 valence electrons. The largest absolute Gasteiger partial charge is 0.349 e. The number of amides is 1. The number of likely N-dealkylation sites (N-methyl/N-ethyl adjacent to an activating group) is 1. The molecule has 5 nitrogen and oxygen atoms in total. The molecule has 0 spiro atoms. The SMILES string of the molecule is CN(CC(=O)N[C@]1(C)CCS(=O)(=O)C1)Cc1ccc(F)c(F)c1. The molecule has 0 radical (unpaired) electrons. The fourth-order valence-electron chi connectivity index (χ4n) is 2.74. The van der Waals surface area contributed by atoms with Crippen molar-refractivity contribution in [1.29, 1.82) is 0 Å². The molecule has 0 unspecified atom stereocenters. The van der Waals surface area contributed by atoms with Crippen LogP contribution in [0.2, 0.25) is 0 Å². The predicted molar refractivity (Wildman–Crippen MR) is 82.5 cm³/mol. The number of hydrogen-bond donors (Lipinski definition) is 1. The molecule has 0 aromatic heterocycles. The molecular weight excluding hydrogens is 326 g/mol. The van der Waals surface area contributed by atoms with Crippen LogP contribution in [-0.2, 0) is 21.2 Å². The van der Waals surface area contributed by atoms with Crippen molar-refractivity contribution < 1.29 is 22.0 Å². The van der Waals surface area contributed by atoms with Crippen molar-refractivity contribution in [3.63, 3.8) is 0 Å². The van der Waals surface area contributed by atoms with Crippen molar-refractivity contribution in [1.82, 2.24) is 10.2 Å². The second-order valence-corrected chi connectivity index (χ2v) is 8.56. The number of sulfone groups is 1. The Morgan fingerprint density at radius 2 is 2.04 bits per heavy atom. The Morgan fingerprint density at radius 3 is 2.61 bits per heavy atom. The molecule has 1 aliphatic rings. The molecular formula is C15H20F2N2O3S. The molecule has 23 heavy (non-hydrogen) atoms. The van der Waals surface area contributed by atoms with E-state index in [0.29, 0.717) is 12.0 Å². The van der Waals surface area contributed by atoms with Crippen molar-refractivity contribution in [3.05, 3.63) is 35.4 Å². The lowest BCUT2D eigenvalue weighted by molar-refractivity contribution is -0.123. The summed E-state index contributed by atoms with van der Waals surface area (Å²) in [5.74, 6) is -2.11. The zero-order chi connectivity index (χ0) is 17.3. The quantitative estimate of drug-likeness (QED) is 0.867. The number of carbonyl (C=O) groups is 1. The van der Waals surface area contributed by atoms with Gasteiger partial charge in [0.15, 0.2) is 21.5 Å². The second-order valence-electron chi connectivity index (χ2n) is 6.37. The predicted octanol–water partition coefficient (Wildman–Crippen LogP) is 1.09. The van der Waals surface area contributed by atoms with Gasteiger partial charge in [0.1, 0.15) is 0 Å². The van der Waals surface area contributed by atoms with Gasteiger partial charge in [-0.3, -0.25) is 9.69 Å². The van der Waals surface area contributed by atoms with Crippen LogP contribution in [0.15, 0.2) is 18.2 Å². The van der Waals surface area contributed by atoms with E-state index in [0.717, 1.165) is 12.1 Å². The Labute approximate surface area is 134 Å². The fourth-order valence-corrected chi connectivity index (χ4v) is 4.83. The number of hydrogen-bond acceptors (Lipinski definition) is 4. The average Bonchev–Trinajstić information content (AvgIpc) is 2.67. The van der Waals surface area contributed by atoms with E-state index in [4.69, 9.17) is 0 Å². The summed E-state index contributed by atoms with van der Waals surface area (Å²) in [5.41, 5.74) is -0.187. The van der Waals surface area contributed by atoms with Gasteiger partial charge in [-0.2, -0.15) is 0 Å². The van der Waals surface area contributed by atoms with Crippen LogP contribution < -0.4 is 5.32 Å². The highest BCUT2D eigenvalue weighted by Crippen LogP contribution is 2.22. The minimum atomic E-state index is -3.09. The third-order valence-electron chi connectivity index (χ3n) is 3.79. The third-order valence-corrected chi connectivity index (χ3v) is 5.70. The van der Waals surface area contributed by atoms with Crippen molar-refractivity contribution >= 4 is 15.7 Å². The summed E-state index contributed by atoms with van der Waals surface area (Å²) in [6.45, 7) is 2.03. The molecule has 1 heterocycles. The lowest BCUT2D eigenvalue weighted by Gasteiger charge is -2.25. The van der Waals surface area contributed by atoms with Crippen LogP contribution in [0.1, 0.15) is 18.9 Å². The number of halogens is 2. The van der Waals surface area contributed by atoms with Crippen LogP contribution in [0.3, 0.4) is 0 Å². The number of benzene rings is 1. The number of carbonyl (C=O) groups excluding carboxylic acids is 1. The maximum Gasteiger partial charge on any atom is 0.234 e. The number of nitrogens with one attached hydrogen (secondary N) is 1. The van der Waals surface area contributed by atoms with Gasteiger partial charge in [0.05, 0.1) is 23.6 Å². The Balaban J connectivity index is 1.88. The van der Waals surface area contributed by atoms with Gasteiger partial charge in [-0.25, -0.2) is 17.2 Å². The van der Waals surface area contributed by atoms with E-state index in [-0.39, 0.29) is 30.5 Å². The van der Waals surface area contributed by atoms with Crippen molar-refractivity contribution in [2.75, 3.05) is 25.1 Å². The summed E-state index contributed by atoms with van der Waals surface area (Å²) in [5, 5.41) is 2.75. The van der Waals surface area contributed by atoms with E-state index in [9.17, 15) is 22.0 Å². The number of nitrogens with zero attached hydrogens (tertiary/aromatic N) is 1. The Hall–Kier alpha value is -1.54. The van der Waals surface area contributed by atoms with Gasteiger partial charge in [0, 0.05) is 6.54 Å². The van der Waals surface area contributed by atoms with E-state index in [2.05, 4.69) is 5.32 Å². The fraction of sp³-hybridized carbons (Fsp3) is 0.533. The van der Waals surface area contributed by atoms with Crippen molar-refractivity contribution in [2.24, 2.45) is 0 Å². The van der Waals surface area contributed by atoms with E-state index in [1.165, 1.54) is 6.07 Å². The summed E-state index contributed by atoms with van der Waals surface area (Å²) in [6, 6.07) is 3.59. The monoisotopic (exact) mass is 346 g/mol. The molecule has 1 amide bonds. The molecule has 1 saturated heterocycles. The van der Waals surface area contributed by atoms with Crippen molar-refractivity contribution in [3.8, 4) is 0 Å². The minimum Gasteiger partial charge on any atom is -0.349 e. The zero-order valence-corrected chi connectivity index (χ0v) is 13.9. The highest BCUT2D eigenvalue weighted by molar-refractivity contribution is 7.91. The van der Waals surface area contributed by atoms with Gasteiger partial charge in [0.2, 0.25) is 5.91 Å². The summed E-state index contributed by atoms with van der Waals surface area (Å²) < 4.78 is 49.1. The van der Waals surface area contributed by atoms with Gasteiger partial charge >= 0.3 is 0 Å². The molecule has 1 aromatic rings. The summed E-state index contributed by atoms with van der Waals surface area (Å²) in [6.07, 6.45) is 0.397. The Bertz CT molecular complexity index is 709.